The summed E-state index contributed by atoms with van der Waals surface area (Å²) in [6.07, 6.45) is 0.977. The van der Waals surface area contributed by atoms with E-state index in [4.69, 9.17) is 5.73 Å². The van der Waals surface area contributed by atoms with E-state index in [0.29, 0.717) is 18.4 Å². The average molecular weight is 302 g/mol. The SMILES string of the molecule is CC(N)CCC(=O)NC(C)c1cccc([N+](=O)[O-])c1.Cl. The van der Waals surface area contributed by atoms with E-state index < -0.39 is 4.92 Å². The molecule has 1 amide bonds. The highest BCUT2D eigenvalue weighted by atomic mass is 35.5. The number of carbonyl (C=O) groups is 1. The second-order valence-corrected chi connectivity index (χ2v) is 4.66. The van der Waals surface area contributed by atoms with Crippen molar-refractivity contribution in [2.45, 2.75) is 38.8 Å². The molecular weight excluding hydrogens is 282 g/mol. The first-order valence-corrected chi connectivity index (χ1v) is 6.19. The van der Waals surface area contributed by atoms with Crippen LogP contribution in [0.2, 0.25) is 0 Å². The molecule has 0 heterocycles. The lowest BCUT2D eigenvalue weighted by Crippen LogP contribution is -2.28. The Morgan fingerprint density at radius 3 is 2.65 bits per heavy atom. The summed E-state index contributed by atoms with van der Waals surface area (Å²) >= 11 is 0. The van der Waals surface area contributed by atoms with Gasteiger partial charge >= 0.3 is 0 Å². The first-order chi connectivity index (χ1) is 8.90. The summed E-state index contributed by atoms with van der Waals surface area (Å²) in [5, 5.41) is 13.5. The molecule has 7 heteroatoms. The predicted molar refractivity (Wildman–Crippen MR) is 79.8 cm³/mol. The lowest BCUT2D eigenvalue weighted by Gasteiger charge is -2.14. The van der Waals surface area contributed by atoms with E-state index in [0.717, 1.165) is 0 Å². The van der Waals surface area contributed by atoms with Gasteiger partial charge in [0, 0.05) is 24.6 Å². The molecule has 0 aliphatic carbocycles. The fraction of sp³-hybridized carbons (Fsp3) is 0.462. The van der Waals surface area contributed by atoms with Crippen LogP contribution in [0.1, 0.15) is 38.3 Å². The molecule has 1 aromatic rings. The maximum absolute atomic E-state index is 11.6. The zero-order chi connectivity index (χ0) is 14.4. The van der Waals surface area contributed by atoms with Gasteiger partial charge in [-0.3, -0.25) is 14.9 Å². The number of carbonyl (C=O) groups excluding carboxylic acids is 1. The van der Waals surface area contributed by atoms with Gasteiger partial charge in [-0.05, 0) is 25.8 Å². The number of benzene rings is 1. The summed E-state index contributed by atoms with van der Waals surface area (Å²) in [7, 11) is 0. The first kappa shape index (κ1) is 18.3. The van der Waals surface area contributed by atoms with Crippen LogP contribution in [0.3, 0.4) is 0 Å². The Labute approximate surface area is 124 Å². The molecule has 20 heavy (non-hydrogen) atoms. The van der Waals surface area contributed by atoms with Crippen molar-refractivity contribution in [1.82, 2.24) is 5.32 Å². The van der Waals surface area contributed by atoms with Gasteiger partial charge in [0.05, 0.1) is 11.0 Å². The van der Waals surface area contributed by atoms with Crippen LogP contribution in [-0.2, 0) is 4.79 Å². The van der Waals surface area contributed by atoms with E-state index in [-0.39, 0.29) is 36.1 Å². The lowest BCUT2D eigenvalue weighted by molar-refractivity contribution is -0.384. The second-order valence-electron chi connectivity index (χ2n) is 4.66. The molecule has 0 spiro atoms. The van der Waals surface area contributed by atoms with Gasteiger partial charge in [0.2, 0.25) is 5.91 Å². The smallest absolute Gasteiger partial charge is 0.269 e. The number of rotatable bonds is 6. The molecule has 0 bridgehead atoms. The van der Waals surface area contributed by atoms with Crippen LogP contribution in [0.5, 0.6) is 0 Å². The van der Waals surface area contributed by atoms with Crippen LogP contribution >= 0.6 is 12.4 Å². The minimum Gasteiger partial charge on any atom is -0.350 e. The van der Waals surface area contributed by atoms with Gasteiger partial charge in [-0.2, -0.15) is 0 Å². The number of nitro benzene ring substituents is 1. The molecule has 0 aliphatic rings. The van der Waals surface area contributed by atoms with Crippen molar-refractivity contribution in [2.75, 3.05) is 0 Å². The largest absolute Gasteiger partial charge is 0.350 e. The molecule has 0 fully saturated rings. The Balaban J connectivity index is 0.00000361. The highest BCUT2D eigenvalue weighted by Crippen LogP contribution is 2.19. The normalized spacial score (nSPS) is 12.9. The van der Waals surface area contributed by atoms with Crippen LogP contribution in [-0.4, -0.2) is 16.9 Å². The minimum atomic E-state index is -0.450. The monoisotopic (exact) mass is 301 g/mol. The van der Waals surface area contributed by atoms with E-state index in [2.05, 4.69) is 5.32 Å². The van der Waals surface area contributed by atoms with Crippen LogP contribution in [0, 0.1) is 10.1 Å². The number of hydrogen-bond donors (Lipinski definition) is 2. The predicted octanol–water partition coefficient (Wildman–Crippen LogP) is 2.32. The van der Waals surface area contributed by atoms with Crippen LogP contribution < -0.4 is 11.1 Å². The van der Waals surface area contributed by atoms with Crippen molar-refractivity contribution in [3.63, 3.8) is 0 Å². The Bertz CT molecular complexity index is 466. The summed E-state index contributed by atoms with van der Waals surface area (Å²) in [4.78, 5) is 21.9. The molecule has 0 saturated carbocycles. The second kappa shape index (κ2) is 8.50. The zero-order valence-electron chi connectivity index (χ0n) is 11.5. The molecule has 1 aromatic carbocycles. The van der Waals surface area contributed by atoms with E-state index in [1.165, 1.54) is 12.1 Å². The number of halogens is 1. The Morgan fingerprint density at radius 1 is 1.45 bits per heavy atom. The van der Waals surface area contributed by atoms with Gasteiger partial charge < -0.3 is 11.1 Å². The quantitative estimate of drug-likeness (QED) is 0.622. The van der Waals surface area contributed by atoms with E-state index in [1.54, 1.807) is 19.1 Å². The highest BCUT2D eigenvalue weighted by Gasteiger charge is 2.13. The standard InChI is InChI=1S/C13H19N3O3.ClH/c1-9(14)6-7-13(17)15-10(2)11-4-3-5-12(8-11)16(18)19;/h3-5,8-10H,6-7,14H2,1-2H3,(H,15,17);1H. The number of nitrogens with one attached hydrogen (secondary N) is 1. The molecule has 112 valence electrons. The molecular formula is C13H20ClN3O3. The maximum atomic E-state index is 11.6. The van der Waals surface area contributed by atoms with Crippen molar-refractivity contribution in [3.05, 3.63) is 39.9 Å². The third-order valence-corrected chi connectivity index (χ3v) is 2.79. The third kappa shape index (κ3) is 5.99. The van der Waals surface area contributed by atoms with Gasteiger partial charge in [-0.25, -0.2) is 0 Å². The summed E-state index contributed by atoms with van der Waals surface area (Å²) < 4.78 is 0. The number of nitrogens with zero attached hydrogens (tertiary/aromatic N) is 1. The first-order valence-electron chi connectivity index (χ1n) is 6.19. The van der Waals surface area contributed by atoms with Crippen molar-refractivity contribution in [1.29, 1.82) is 0 Å². The van der Waals surface area contributed by atoms with Crippen LogP contribution in [0.25, 0.3) is 0 Å². The zero-order valence-corrected chi connectivity index (χ0v) is 12.4. The summed E-state index contributed by atoms with van der Waals surface area (Å²) in [5.41, 5.74) is 6.31. The molecule has 0 radical (unpaired) electrons. The van der Waals surface area contributed by atoms with Crippen LogP contribution in [0.4, 0.5) is 5.69 Å². The van der Waals surface area contributed by atoms with E-state index in [1.807, 2.05) is 6.92 Å². The third-order valence-electron chi connectivity index (χ3n) is 2.79. The van der Waals surface area contributed by atoms with Crippen LogP contribution in [0.15, 0.2) is 24.3 Å². The molecule has 0 saturated heterocycles. The molecule has 0 aliphatic heterocycles. The highest BCUT2D eigenvalue weighted by molar-refractivity contribution is 5.85. The molecule has 2 atom stereocenters. The summed E-state index contributed by atoms with van der Waals surface area (Å²) in [5.74, 6) is -0.101. The summed E-state index contributed by atoms with van der Waals surface area (Å²) in [6.45, 7) is 3.64. The van der Waals surface area contributed by atoms with Crippen molar-refractivity contribution >= 4 is 24.0 Å². The average Bonchev–Trinajstić information content (AvgIpc) is 2.36. The number of amides is 1. The molecule has 6 nitrogen and oxygen atoms in total. The molecule has 0 aromatic heterocycles. The van der Waals surface area contributed by atoms with Crippen molar-refractivity contribution < 1.29 is 9.72 Å². The van der Waals surface area contributed by atoms with Crippen molar-refractivity contribution in [2.24, 2.45) is 5.73 Å². The van der Waals surface area contributed by atoms with Gasteiger partial charge in [-0.1, -0.05) is 12.1 Å². The fourth-order valence-corrected chi connectivity index (χ4v) is 1.66. The van der Waals surface area contributed by atoms with E-state index in [9.17, 15) is 14.9 Å². The van der Waals surface area contributed by atoms with Crippen molar-refractivity contribution in [3.8, 4) is 0 Å². The number of non-ortho nitro benzene ring substituents is 1. The number of nitro groups is 1. The van der Waals surface area contributed by atoms with Gasteiger partial charge in [-0.15, -0.1) is 12.4 Å². The molecule has 3 N–H and O–H groups in total. The van der Waals surface area contributed by atoms with E-state index >= 15 is 0 Å². The lowest BCUT2D eigenvalue weighted by atomic mass is 10.1. The van der Waals surface area contributed by atoms with Gasteiger partial charge in [0.15, 0.2) is 0 Å². The van der Waals surface area contributed by atoms with Gasteiger partial charge in [0.25, 0.3) is 5.69 Å². The topological polar surface area (TPSA) is 98.3 Å². The molecule has 2 unspecified atom stereocenters. The Kier molecular flexibility index (Phi) is 7.79. The Hall–Kier alpha value is -1.66. The van der Waals surface area contributed by atoms with Gasteiger partial charge in [0.1, 0.15) is 0 Å². The number of nitrogens with two attached hydrogens (primary N) is 1. The Morgan fingerprint density at radius 2 is 2.10 bits per heavy atom. The summed E-state index contributed by atoms with van der Waals surface area (Å²) in [6, 6.07) is 5.98. The number of hydrogen-bond acceptors (Lipinski definition) is 4. The fourth-order valence-electron chi connectivity index (χ4n) is 1.66. The maximum Gasteiger partial charge on any atom is 0.269 e. The minimum absolute atomic E-state index is 0. The molecule has 1 rings (SSSR count).